The van der Waals surface area contributed by atoms with E-state index >= 15 is 0 Å². The summed E-state index contributed by atoms with van der Waals surface area (Å²) in [5, 5.41) is 0. The fourth-order valence-electron chi connectivity index (χ4n) is 8.27. The second-order valence-corrected chi connectivity index (χ2v) is 16.2. The van der Waals surface area contributed by atoms with Crippen molar-refractivity contribution in [1.82, 2.24) is 0 Å². The molecule has 52 heavy (non-hydrogen) atoms. The van der Waals surface area contributed by atoms with Gasteiger partial charge in [0.2, 0.25) is 11.4 Å². The highest BCUT2D eigenvalue weighted by Gasteiger charge is 2.35. The SMILES string of the molecule is CCCCCCCCC1=C(c2cc(CCCCC)cc(CCCCCC)c2)[N+](=[N-])C(c2cc(CCCCC)cc(CCCCCC)c2)=C1CCCC. The minimum Gasteiger partial charge on any atom is -0.493 e. The molecule has 0 aliphatic carbocycles. The first-order valence-corrected chi connectivity index (χ1v) is 22.7. The number of hydrogen-bond donors (Lipinski definition) is 0. The van der Waals surface area contributed by atoms with Crippen LogP contribution in [0.25, 0.3) is 16.9 Å². The molecule has 3 rings (SSSR count). The second-order valence-electron chi connectivity index (χ2n) is 16.2. The Kier molecular flexibility index (Phi) is 22.2. The molecule has 1 aliphatic heterocycles. The van der Waals surface area contributed by atoms with Gasteiger partial charge in [-0.15, -0.1) is 0 Å². The summed E-state index contributed by atoms with van der Waals surface area (Å²) < 4.78 is 1.69. The van der Waals surface area contributed by atoms with E-state index in [2.05, 4.69) is 77.9 Å². The minimum absolute atomic E-state index is 1.03. The number of nitrogens with zero attached hydrogens (tertiary/aromatic N) is 2. The first kappa shape index (κ1) is 43.9. The van der Waals surface area contributed by atoms with E-state index in [0.29, 0.717) is 0 Å². The van der Waals surface area contributed by atoms with Crippen molar-refractivity contribution in [3.05, 3.63) is 86.5 Å². The van der Waals surface area contributed by atoms with Crippen LogP contribution in [0.5, 0.6) is 0 Å². The van der Waals surface area contributed by atoms with E-state index in [1.54, 1.807) is 4.70 Å². The van der Waals surface area contributed by atoms with Gasteiger partial charge in [-0.3, -0.25) is 0 Å². The van der Waals surface area contributed by atoms with E-state index in [0.717, 1.165) is 62.8 Å². The van der Waals surface area contributed by atoms with Gasteiger partial charge in [0, 0.05) is 22.3 Å². The Morgan fingerprint density at radius 3 is 0.981 bits per heavy atom. The third-order valence-corrected chi connectivity index (χ3v) is 11.3. The maximum absolute atomic E-state index is 12.7. The molecular weight excluding hydrogens is 629 g/mol. The molecule has 290 valence electrons. The molecular formula is C50H80N2. The maximum atomic E-state index is 12.7. The van der Waals surface area contributed by atoms with Crippen LogP contribution in [0.3, 0.4) is 0 Å². The van der Waals surface area contributed by atoms with E-state index in [4.69, 9.17) is 0 Å². The van der Waals surface area contributed by atoms with E-state index in [1.165, 1.54) is 173 Å². The van der Waals surface area contributed by atoms with Gasteiger partial charge in [0.15, 0.2) is 0 Å². The second kappa shape index (κ2) is 26.3. The van der Waals surface area contributed by atoms with Gasteiger partial charge >= 0.3 is 0 Å². The Balaban J connectivity index is 2.16. The Hall–Kier alpha value is -2.48. The fraction of sp³-hybridized carbons (Fsp3) is 0.680. The van der Waals surface area contributed by atoms with Gasteiger partial charge in [-0.1, -0.05) is 156 Å². The Bertz CT molecular complexity index is 1370. The zero-order valence-corrected chi connectivity index (χ0v) is 35.2. The summed E-state index contributed by atoms with van der Waals surface area (Å²) in [6.07, 6.45) is 34.4. The van der Waals surface area contributed by atoms with E-state index in [1.807, 2.05) is 0 Å². The Morgan fingerprint density at radius 2 is 0.596 bits per heavy atom. The smallest absolute Gasteiger partial charge is 0.211 e. The fourth-order valence-corrected chi connectivity index (χ4v) is 8.27. The Morgan fingerprint density at radius 1 is 0.327 bits per heavy atom. The van der Waals surface area contributed by atoms with Crippen molar-refractivity contribution in [3.8, 4) is 0 Å². The Labute approximate surface area is 322 Å². The van der Waals surface area contributed by atoms with Crippen LogP contribution >= 0.6 is 0 Å². The molecule has 0 atom stereocenters. The van der Waals surface area contributed by atoms with Crippen molar-refractivity contribution < 1.29 is 4.70 Å². The van der Waals surface area contributed by atoms with Crippen molar-refractivity contribution in [2.75, 3.05) is 0 Å². The largest absolute Gasteiger partial charge is 0.493 e. The van der Waals surface area contributed by atoms with Crippen LogP contribution in [0, 0.1) is 0 Å². The van der Waals surface area contributed by atoms with Crippen LogP contribution in [0.4, 0.5) is 0 Å². The van der Waals surface area contributed by atoms with Crippen LogP contribution in [0.2, 0.25) is 0 Å². The molecule has 0 radical (unpaired) electrons. The summed E-state index contributed by atoms with van der Waals surface area (Å²) in [5.41, 5.74) is 26.0. The lowest BCUT2D eigenvalue weighted by Gasteiger charge is -2.15. The molecule has 2 nitrogen and oxygen atoms in total. The molecule has 2 heteroatoms. The molecule has 0 unspecified atom stereocenters. The monoisotopic (exact) mass is 709 g/mol. The number of benzene rings is 2. The molecule has 0 aromatic heterocycles. The van der Waals surface area contributed by atoms with Gasteiger partial charge in [0.1, 0.15) is 0 Å². The summed E-state index contributed by atoms with van der Waals surface area (Å²) in [6.45, 7) is 13.8. The van der Waals surface area contributed by atoms with Crippen molar-refractivity contribution >= 4 is 11.4 Å². The number of allylic oxidation sites excluding steroid dienone is 2. The number of hydrogen-bond acceptors (Lipinski definition) is 0. The van der Waals surface area contributed by atoms with Gasteiger partial charge < -0.3 is 5.53 Å². The van der Waals surface area contributed by atoms with Gasteiger partial charge in [-0.25, -0.2) is 4.70 Å². The molecule has 1 heterocycles. The summed E-state index contributed by atoms with van der Waals surface area (Å²) >= 11 is 0. The van der Waals surface area contributed by atoms with Crippen LogP contribution in [0.1, 0.15) is 229 Å². The van der Waals surface area contributed by atoms with Crippen LogP contribution in [-0.4, -0.2) is 4.70 Å². The number of aryl methyl sites for hydroxylation is 4. The van der Waals surface area contributed by atoms with Gasteiger partial charge in [0.25, 0.3) is 0 Å². The van der Waals surface area contributed by atoms with Crippen LogP contribution < -0.4 is 0 Å². The first-order chi connectivity index (χ1) is 25.5. The molecule has 0 N–H and O–H groups in total. The summed E-state index contributed by atoms with van der Waals surface area (Å²) in [4.78, 5) is 0. The average molecular weight is 709 g/mol. The molecule has 0 saturated heterocycles. The number of unbranched alkanes of at least 4 members (excludes halogenated alkanes) is 16. The average Bonchev–Trinajstić information content (AvgIpc) is 3.42. The summed E-state index contributed by atoms with van der Waals surface area (Å²) in [6, 6.07) is 14.8. The topological polar surface area (TPSA) is 25.3 Å². The zero-order chi connectivity index (χ0) is 37.4. The van der Waals surface area contributed by atoms with Gasteiger partial charge in [-0.05, 0) is 124 Å². The highest BCUT2D eigenvalue weighted by atomic mass is 15.2. The first-order valence-electron chi connectivity index (χ1n) is 22.7. The van der Waals surface area contributed by atoms with E-state index < -0.39 is 0 Å². The summed E-state index contributed by atoms with van der Waals surface area (Å²) in [7, 11) is 0. The van der Waals surface area contributed by atoms with Crippen molar-refractivity contribution in [2.45, 2.75) is 221 Å². The molecule has 0 bridgehead atoms. The molecule has 2 aromatic carbocycles. The lowest BCUT2D eigenvalue weighted by Crippen LogP contribution is -2.05. The quantitative estimate of drug-likeness (QED) is 0.0570. The third-order valence-electron chi connectivity index (χ3n) is 11.3. The number of rotatable bonds is 30. The standard InChI is InChI=1S/C50H80N2/c1-7-13-19-22-23-28-34-48-47(33-18-12-6)49(45-37-41(29-24-16-10-4)35-43(39-45)31-26-20-14-8-2)52(51)50(48)46-38-42(30-25-17-11-5)36-44(40-46)32-27-21-15-9-3/h35-40H,7-34H2,1-6H3. The lowest BCUT2D eigenvalue weighted by molar-refractivity contribution is -0.345. The van der Waals surface area contributed by atoms with Gasteiger partial charge in [0.05, 0.1) is 0 Å². The van der Waals surface area contributed by atoms with Crippen molar-refractivity contribution in [1.29, 1.82) is 0 Å². The molecule has 1 aliphatic rings. The van der Waals surface area contributed by atoms with Crippen LogP contribution in [-0.2, 0) is 25.7 Å². The highest BCUT2D eigenvalue weighted by molar-refractivity contribution is 5.82. The van der Waals surface area contributed by atoms with Gasteiger partial charge in [-0.2, -0.15) is 0 Å². The summed E-state index contributed by atoms with van der Waals surface area (Å²) in [5.74, 6) is 0. The predicted octanol–water partition coefficient (Wildman–Crippen LogP) is 16.5. The van der Waals surface area contributed by atoms with Crippen molar-refractivity contribution in [3.63, 3.8) is 0 Å². The molecule has 0 spiro atoms. The van der Waals surface area contributed by atoms with Crippen molar-refractivity contribution in [2.24, 2.45) is 0 Å². The van der Waals surface area contributed by atoms with Crippen LogP contribution in [0.15, 0.2) is 47.5 Å². The zero-order valence-electron chi connectivity index (χ0n) is 35.2. The highest BCUT2D eigenvalue weighted by Crippen LogP contribution is 2.45. The molecule has 0 saturated carbocycles. The molecule has 0 amide bonds. The maximum Gasteiger partial charge on any atom is 0.211 e. The minimum atomic E-state index is 1.03. The van der Waals surface area contributed by atoms with E-state index in [-0.39, 0.29) is 0 Å². The molecule has 0 fully saturated rings. The third kappa shape index (κ3) is 14.7. The lowest BCUT2D eigenvalue weighted by atomic mass is 9.89. The predicted molar refractivity (Wildman–Crippen MR) is 230 cm³/mol. The molecule has 2 aromatic rings. The normalized spacial score (nSPS) is 13.3. The van der Waals surface area contributed by atoms with E-state index in [9.17, 15) is 5.53 Å².